The molecule has 6 heteroatoms. The van der Waals surface area contributed by atoms with Crippen LogP contribution in [0.4, 0.5) is 5.82 Å². The minimum atomic E-state index is -0.558. The van der Waals surface area contributed by atoms with Gasteiger partial charge in [0.25, 0.3) is 5.91 Å². The lowest BCUT2D eigenvalue weighted by Gasteiger charge is -2.37. The fraction of sp³-hybridized carbons (Fsp3) is 0.667. The summed E-state index contributed by atoms with van der Waals surface area (Å²) in [6.45, 7) is 0.894. The molecule has 21 heavy (non-hydrogen) atoms. The number of aliphatic hydroxyl groups is 1. The number of anilines is 1. The van der Waals surface area contributed by atoms with E-state index in [1.54, 1.807) is 6.20 Å². The molecule has 2 heterocycles. The maximum absolute atomic E-state index is 11.3. The Balaban J connectivity index is 1.83. The van der Waals surface area contributed by atoms with E-state index in [9.17, 15) is 9.90 Å². The topological polar surface area (TPSA) is 92.3 Å². The Kier molecular flexibility index (Phi) is 4.05. The van der Waals surface area contributed by atoms with Gasteiger partial charge in [0.05, 0.1) is 18.5 Å². The lowest BCUT2D eigenvalue weighted by atomic mass is 9.80. The number of aliphatic hydroxyl groups excluding tert-OH is 1. The molecule has 1 aliphatic carbocycles. The molecule has 1 aliphatic heterocycles. The molecule has 0 aromatic carbocycles. The number of carbonyl (C=O) groups excluding carboxylic acids is 1. The Hall–Kier alpha value is -1.69. The lowest BCUT2D eigenvalue weighted by molar-refractivity contribution is 0.0565. The number of carbonyl (C=O) groups is 1. The Morgan fingerprint density at radius 2 is 2.05 bits per heavy atom. The van der Waals surface area contributed by atoms with E-state index >= 15 is 0 Å². The Morgan fingerprint density at radius 3 is 2.81 bits per heavy atom. The van der Waals surface area contributed by atoms with E-state index in [2.05, 4.69) is 14.9 Å². The van der Waals surface area contributed by atoms with Crippen molar-refractivity contribution in [1.82, 2.24) is 9.97 Å². The van der Waals surface area contributed by atoms with Crippen LogP contribution in [0.2, 0.25) is 0 Å². The van der Waals surface area contributed by atoms with Gasteiger partial charge >= 0.3 is 0 Å². The minimum Gasteiger partial charge on any atom is -0.393 e. The minimum absolute atomic E-state index is 0.197. The number of hydrogen-bond donors (Lipinski definition) is 2. The number of primary amides is 1. The smallest absolute Gasteiger partial charge is 0.268 e. The second-order valence-electron chi connectivity index (χ2n) is 6.05. The summed E-state index contributed by atoms with van der Waals surface area (Å²) in [5, 5.41) is 10.3. The molecule has 6 nitrogen and oxygen atoms in total. The fourth-order valence-corrected chi connectivity index (χ4v) is 3.72. The number of amides is 1. The van der Waals surface area contributed by atoms with Crippen LogP contribution in [-0.2, 0) is 0 Å². The summed E-state index contributed by atoms with van der Waals surface area (Å²) in [5.74, 6) is 0.435. The first-order chi connectivity index (χ1) is 10.2. The van der Waals surface area contributed by atoms with Gasteiger partial charge in [-0.05, 0) is 25.7 Å². The van der Waals surface area contributed by atoms with Gasteiger partial charge in [-0.3, -0.25) is 9.78 Å². The van der Waals surface area contributed by atoms with Crippen LogP contribution in [0.5, 0.6) is 0 Å². The monoisotopic (exact) mass is 290 g/mol. The predicted octanol–water partition coefficient (Wildman–Crippen LogP) is 1.10. The highest BCUT2D eigenvalue weighted by molar-refractivity contribution is 5.90. The highest BCUT2D eigenvalue weighted by atomic mass is 16.3. The first-order valence-corrected chi connectivity index (χ1v) is 7.73. The molecule has 3 atom stereocenters. The Bertz CT molecular complexity index is 522. The van der Waals surface area contributed by atoms with Crippen molar-refractivity contribution >= 4 is 11.7 Å². The first-order valence-electron chi connectivity index (χ1n) is 7.73. The molecule has 0 bridgehead atoms. The zero-order valence-corrected chi connectivity index (χ0v) is 12.1. The molecule has 0 radical (unpaired) electrons. The van der Waals surface area contributed by atoms with Crippen molar-refractivity contribution < 1.29 is 9.90 Å². The van der Waals surface area contributed by atoms with Crippen molar-refractivity contribution in [3.63, 3.8) is 0 Å². The number of aromatic nitrogens is 2. The Morgan fingerprint density at radius 1 is 1.24 bits per heavy atom. The molecule has 0 unspecified atom stereocenters. The number of hydrogen-bond acceptors (Lipinski definition) is 5. The molecule has 1 aromatic rings. The summed E-state index contributed by atoms with van der Waals surface area (Å²) in [6.07, 6.45) is 9.23. The third kappa shape index (κ3) is 2.85. The van der Waals surface area contributed by atoms with Crippen molar-refractivity contribution in [1.29, 1.82) is 0 Å². The summed E-state index contributed by atoms with van der Waals surface area (Å²) >= 11 is 0. The van der Waals surface area contributed by atoms with Crippen LogP contribution in [-0.4, -0.2) is 39.7 Å². The standard InChI is InChI=1S/C15H22N4O2/c16-15(21)11-8-17-9-14(18-11)19-7-3-5-12(19)10-4-1-2-6-13(10)20/h8-10,12-13,20H,1-7H2,(H2,16,21)/t10-,12-,13-/m1/s1. The van der Waals surface area contributed by atoms with Gasteiger partial charge in [0.1, 0.15) is 11.5 Å². The average Bonchev–Trinajstić information content (AvgIpc) is 2.97. The van der Waals surface area contributed by atoms with Crippen LogP contribution in [0, 0.1) is 5.92 Å². The van der Waals surface area contributed by atoms with E-state index in [-0.39, 0.29) is 17.8 Å². The summed E-state index contributed by atoms with van der Waals surface area (Å²) in [7, 11) is 0. The van der Waals surface area contributed by atoms with Crippen molar-refractivity contribution in [2.75, 3.05) is 11.4 Å². The molecule has 1 saturated carbocycles. The van der Waals surface area contributed by atoms with Gasteiger partial charge in [-0.25, -0.2) is 4.98 Å². The van der Waals surface area contributed by atoms with E-state index in [0.717, 1.165) is 38.6 Å². The highest BCUT2D eigenvalue weighted by Gasteiger charge is 2.37. The molecule has 1 aromatic heterocycles. The van der Waals surface area contributed by atoms with E-state index in [1.807, 2.05) is 0 Å². The Labute approximate surface area is 124 Å². The summed E-state index contributed by atoms with van der Waals surface area (Å²) in [5.41, 5.74) is 5.48. The lowest BCUT2D eigenvalue weighted by Crippen LogP contribution is -2.43. The molecule has 1 saturated heterocycles. The van der Waals surface area contributed by atoms with E-state index < -0.39 is 5.91 Å². The van der Waals surface area contributed by atoms with Gasteiger partial charge in [-0.15, -0.1) is 0 Å². The van der Waals surface area contributed by atoms with Gasteiger partial charge < -0.3 is 15.7 Å². The van der Waals surface area contributed by atoms with Crippen LogP contribution < -0.4 is 10.6 Å². The van der Waals surface area contributed by atoms with E-state index in [1.165, 1.54) is 12.6 Å². The SMILES string of the molecule is NC(=O)c1cncc(N2CCC[C@@H]2[C@H]2CCCC[C@H]2O)n1. The highest BCUT2D eigenvalue weighted by Crippen LogP contribution is 2.36. The quantitative estimate of drug-likeness (QED) is 0.869. The van der Waals surface area contributed by atoms with Crippen molar-refractivity contribution in [3.05, 3.63) is 18.1 Å². The fourth-order valence-electron chi connectivity index (χ4n) is 3.72. The second kappa shape index (κ2) is 5.97. The molecule has 3 N–H and O–H groups in total. The zero-order chi connectivity index (χ0) is 14.8. The molecule has 114 valence electrons. The normalized spacial score (nSPS) is 29.6. The maximum Gasteiger partial charge on any atom is 0.268 e. The van der Waals surface area contributed by atoms with Gasteiger partial charge in [0.2, 0.25) is 0 Å². The molecule has 1 amide bonds. The van der Waals surface area contributed by atoms with Crippen LogP contribution >= 0.6 is 0 Å². The number of nitrogens with two attached hydrogens (primary N) is 1. The number of nitrogens with zero attached hydrogens (tertiary/aromatic N) is 3. The van der Waals surface area contributed by atoms with Crippen molar-refractivity contribution in [2.24, 2.45) is 11.7 Å². The second-order valence-corrected chi connectivity index (χ2v) is 6.05. The van der Waals surface area contributed by atoms with Crippen molar-refractivity contribution in [3.8, 4) is 0 Å². The zero-order valence-electron chi connectivity index (χ0n) is 12.1. The van der Waals surface area contributed by atoms with Gasteiger partial charge in [0.15, 0.2) is 0 Å². The summed E-state index contributed by atoms with van der Waals surface area (Å²) in [4.78, 5) is 21.9. The predicted molar refractivity (Wildman–Crippen MR) is 78.9 cm³/mol. The van der Waals surface area contributed by atoms with Gasteiger partial charge in [0, 0.05) is 18.5 Å². The average molecular weight is 290 g/mol. The molecule has 2 aliphatic rings. The number of rotatable bonds is 3. The molecular formula is C15H22N4O2. The maximum atomic E-state index is 11.3. The van der Waals surface area contributed by atoms with E-state index in [0.29, 0.717) is 11.7 Å². The largest absolute Gasteiger partial charge is 0.393 e. The first kappa shape index (κ1) is 14.3. The van der Waals surface area contributed by atoms with Crippen LogP contribution in [0.25, 0.3) is 0 Å². The van der Waals surface area contributed by atoms with E-state index in [4.69, 9.17) is 5.73 Å². The summed E-state index contributed by atoms with van der Waals surface area (Å²) in [6, 6.07) is 0.290. The molecule has 2 fully saturated rings. The third-order valence-electron chi connectivity index (χ3n) is 4.74. The molecule has 3 rings (SSSR count). The van der Waals surface area contributed by atoms with Crippen LogP contribution in [0.3, 0.4) is 0 Å². The molecular weight excluding hydrogens is 268 g/mol. The third-order valence-corrected chi connectivity index (χ3v) is 4.74. The van der Waals surface area contributed by atoms with Crippen LogP contribution in [0.15, 0.2) is 12.4 Å². The van der Waals surface area contributed by atoms with Crippen molar-refractivity contribution in [2.45, 2.75) is 50.7 Å². The van der Waals surface area contributed by atoms with Crippen LogP contribution in [0.1, 0.15) is 49.0 Å². The van der Waals surface area contributed by atoms with Gasteiger partial charge in [-0.2, -0.15) is 0 Å². The molecule has 0 spiro atoms. The summed E-state index contributed by atoms with van der Waals surface area (Å²) < 4.78 is 0. The van der Waals surface area contributed by atoms with Gasteiger partial charge in [-0.1, -0.05) is 12.8 Å².